The van der Waals surface area contributed by atoms with Crippen LogP contribution in [0.4, 0.5) is 16.2 Å². The molecule has 3 rings (SSSR count). The molecule has 31 heavy (non-hydrogen) atoms. The molecule has 0 aliphatic rings. The van der Waals surface area contributed by atoms with E-state index in [1.54, 1.807) is 41.7 Å². The minimum Gasteiger partial charge on any atom is -0.465 e. The largest absolute Gasteiger partial charge is 0.465 e. The van der Waals surface area contributed by atoms with Gasteiger partial charge >= 0.3 is 6.09 Å². The number of hydrogen-bond acceptors (Lipinski definition) is 5. The fourth-order valence-corrected chi connectivity index (χ4v) is 3.74. The molecule has 0 bridgehead atoms. The molecule has 0 spiro atoms. The lowest BCUT2D eigenvalue weighted by atomic mass is 10.0. The Morgan fingerprint density at radius 2 is 1.84 bits per heavy atom. The smallest absolute Gasteiger partial charge is 0.405 e. The summed E-state index contributed by atoms with van der Waals surface area (Å²) in [6.07, 6.45) is -1.13. The number of nitrogens with one attached hydrogen (secondary N) is 3. The average Bonchev–Trinajstić information content (AvgIpc) is 3.29. The molecule has 3 aromatic rings. The van der Waals surface area contributed by atoms with Crippen molar-refractivity contribution in [2.75, 3.05) is 18.1 Å². The van der Waals surface area contributed by atoms with Crippen LogP contribution in [0.5, 0.6) is 0 Å². The second-order valence-electron chi connectivity index (χ2n) is 6.75. The van der Waals surface area contributed by atoms with Crippen molar-refractivity contribution in [3.05, 3.63) is 71.1 Å². The first-order chi connectivity index (χ1) is 14.9. The summed E-state index contributed by atoms with van der Waals surface area (Å²) in [5, 5.41) is 18.3. The van der Waals surface area contributed by atoms with Crippen LogP contribution in [-0.2, 0) is 11.2 Å². The minimum absolute atomic E-state index is 0.156. The summed E-state index contributed by atoms with van der Waals surface area (Å²) in [6.45, 7) is 0. The van der Waals surface area contributed by atoms with Crippen molar-refractivity contribution in [2.45, 2.75) is 12.5 Å². The van der Waals surface area contributed by atoms with Crippen molar-refractivity contribution in [2.24, 2.45) is 0 Å². The third-order valence-corrected chi connectivity index (χ3v) is 5.54. The molecule has 6 N–H and O–H groups in total. The molecule has 0 saturated carbocycles. The summed E-state index contributed by atoms with van der Waals surface area (Å²) in [4.78, 5) is 36.5. The number of thiophene rings is 1. The van der Waals surface area contributed by atoms with Gasteiger partial charge in [0, 0.05) is 23.9 Å². The maximum absolute atomic E-state index is 12.7. The number of amides is 3. The van der Waals surface area contributed by atoms with Gasteiger partial charge in [0.15, 0.2) is 0 Å². The van der Waals surface area contributed by atoms with E-state index in [1.165, 1.54) is 7.05 Å². The molecule has 8 nitrogen and oxygen atoms in total. The standard InChI is InChI=1S/C22H22N4O4S/c1-24-21(28)18(26-22(29)30)11-13-4-6-14(7-5-13)20(27)25-17-12-15(8-9-16(17)23)19-3-2-10-31-19/h2-10,12,18,26H,11,23H2,1H3,(H,24,28)(H,25,27)(H,29,30)/t18-/m0/s1. The van der Waals surface area contributed by atoms with Crippen LogP contribution in [0.15, 0.2) is 60.0 Å². The number of carboxylic acid groups (broad SMARTS) is 1. The summed E-state index contributed by atoms with van der Waals surface area (Å²) in [7, 11) is 1.44. The van der Waals surface area contributed by atoms with Gasteiger partial charge in [-0.1, -0.05) is 24.3 Å². The third-order valence-electron chi connectivity index (χ3n) is 4.62. The summed E-state index contributed by atoms with van der Waals surface area (Å²) < 4.78 is 0. The van der Waals surface area contributed by atoms with Crippen LogP contribution in [0.25, 0.3) is 10.4 Å². The van der Waals surface area contributed by atoms with Gasteiger partial charge in [-0.05, 0) is 46.8 Å². The number of nitrogen functional groups attached to an aromatic ring is 1. The van der Waals surface area contributed by atoms with Gasteiger partial charge in [0.2, 0.25) is 5.91 Å². The first-order valence-corrected chi connectivity index (χ1v) is 10.3. The van der Waals surface area contributed by atoms with E-state index in [9.17, 15) is 14.4 Å². The van der Waals surface area contributed by atoms with Crippen molar-refractivity contribution in [3.8, 4) is 10.4 Å². The number of hydrogen-bond donors (Lipinski definition) is 5. The molecule has 0 aliphatic heterocycles. The molecule has 1 atom stereocenters. The number of nitrogens with two attached hydrogens (primary N) is 1. The van der Waals surface area contributed by atoms with Crippen LogP contribution in [0.3, 0.4) is 0 Å². The number of carbonyl (C=O) groups excluding carboxylic acids is 2. The van der Waals surface area contributed by atoms with Gasteiger partial charge in [-0.2, -0.15) is 0 Å². The van der Waals surface area contributed by atoms with Crippen LogP contribution < -0.4 is 21.7 Å². The molecule has 0 saturated heterocycles. The highest BCUT2D eigenvalue weighted by molar-refractivity contribution is 7.13. The lowest BCUT2D eigenvalue weighted by Gasteiger charge is -2.15. The van der Waals surface area contributed by atoms with E-state index in [1.807, 2.05) is 29.6 Å². The third kappa shape index (κ3) is 5.61. The van der Waals surface area contributed by atoms with E-state index in [0.717, 1.165) is 10.4 Å². The van der Waals surface area contributed by atoms with Crippen LogP contribution in [0.1, 0.15) is 15.9 Å². The quantitative estimate of drug-likeness (QED) is 0.361. The SMILES string of the molecule is CNC(=O)[C@H](Cc1ccc(C(=O)Nc2cc(-c3cccs3)ccc2N)cc1)NC(=O)O. The normalized spacial score (nSPS) is 11.4. The highest BCUT2D eigenvalue weighted by atomic mass is 32.1. The van der Waals surface area contributed by atoms with E-state index < -0.39 is 18.0 Å². The highest BCUT2D eigenvalue weighted by Gasteiger charge is 2.20. The van der Waals surface area contributed by atoms with E-state index >= 15 is 0 Å². The van der Waals surface area contributed by atoms with E-state index in [-0.39, 0.29) is 12.3 Å². The van der Waals surface area contributed by atoms with Gasteiger partial charge in [-0.3, -0.25) is 9.59 Å². The van der Waals surface area contributed by atoms with Gasteiger partial charge in [0.25, 0.3) is 5.91 Å². The Bertz CT molecular complexity index is 1080. The molecule has 0 radical (unpaired) electrons. The second-order valence-corrected chi connectivity index (χ2v) is 7.70. The fourth-order valence-electron chi connectivity index (χ4n) is 3.02. The lowest BCUT2D eigenvalue weighted by molar-refractivity contribution is -0.122. The molecular weight excluding hydrogens is 416 g/mol. The molecule has 1 heterocycles. The Kier molecular flexibility index (Phi) is 6.88. The molecule has 0 fully saturated rings. The van der Waals surface area contributed by atoms with Crippen LogP contribution in [0.2, 0.25) is 0 Å². The molecule has 2 aromatic carbocycles. The zero-order valence-electron chi connectivity index (χ0n) is 16.7. The fraction of sp³-hybridized carbons (Fsp3) is 0.136. The molecule has 160 valence electrons. The summed E-state index contributed by atoms with van der Waals surface area (Å²) >= 11 is 1.60. The number of rotatable bonds is 7. The molecule has 0 aliphatic carbocycles. The Morgan fingerprint density at radius 1 is 1.10 bits per heavy atom. The first kappa shape index (κ1) is 21.8. The van der Waals surface area contributed by atoms with Gasteiger partial charge in [0.05, 0.1) is 11.4 Å². The van der Waals surface area contributed by atoms with Crippen molar-refractivity contribution < 1.29 is 19.5 Å². The van der Waals surface area contributed by atoms with Gasteiger partial charge < -0.3 is 26.8 Å². The molecular formula is C22H22N4O4S. The van der Waals surface area contributed by atoms with Crippen molar-refractivity contribution in [1.82, 2.24) is 10.6 Å². The number of likely N-dealkylation sites (N-methyl/N-ethyl adjacent to an activating group) is 1. The lowest BCUT2D eigenvalue weighted by Crippen LogP contribution is -2.46. The zero-order valence-corrected chi connectivity index (χ0v) is 17.5. The van der Waals surface area contributed by atoms with E-state index in [2.05, 4.69) is 16.0 Å². The number of anilines is 2. The maximum Gasteiger partial charge on any atom is 0.405 e. The Hall–Kier alpha value is -3.85. The van der Waals surface area contributed by atoms with Gasteiger partial charge in [0.1, 0.15) is 6.04 Å². The zero-order chi connectivity index (χ0) is 22.4. The predicted molar refractivity (Wildman–Crippen MR) is 121 cm³/mol. The highest BCUT2D eigenvalue weighted by Crippen LogP contribution is 2.30. The van der Waals surface area contributed by atoms with E-state index in [4.69, 9.17) is 10.8 Å². The molecule has 9 heteroatoms. The molecule has 0 unspecified atom stereocenters. The first-order valence-electron chi connectivity index (χ1n) is 9.42. The Balaban J connectivity index is 1.71. The number of carbonyl (C=O) groups is 3. The van der Waals surface area contributed by atoms with Crippen LogP contribution in [-0.4, -0.2) is 36.1 Å². The van der Waals surface area contributed by atoms with Crippen molar-refractivity contribution in [1.29, 1.82) is 0 Å². The van der Waals surface area contributed by atoms with Gasteiger partial charge in [-0.15, -0.1) is 11.3 Å². The summed E-state index contributed by atoms with van der Waals surface area (Å²) in [5.41, 5.74) is 9.08. The van der Waals surface area contributed by atoms with Crippen molar-refractivity contribution in [3.63, 3.8) is 0 Å². The van der Waals surface area contributed by atoms with Gasteiger partial charge in [-0.25, -0.2) is 4.79 Å². The van der Waals surface area contributed by atoms with Crippen LogP contribution in [0, 0.1) is 0 Å². The Morgan fingerprint density at radius 3 is 2.45 bits per heavy atom. The maximum atomic E-state index is 12.7. The van der Waals surface area contributed by atoms with Crippen LogP contribution >= 0.6 is 11.3 Å². The summed E-state index contributed by atoms with van der Waals surface area (Å²) in [5.74, 6) is -0.765. The molecule has 3 amide bonds. The minimum atomic E-state index is -1.29. The predicted octanol–water partition coefficient (Wildman–Crippen LogP) is 3.17. The summed E-state index contributed by atoms with van der Waals surface area (Å²) in [6, 6.07) is 15.1. The van der Waals surface area contributed by atoms with Crippen molar-refractivity contribution >= 4 is 40.6 Å². The average molecular weight is 439 g/mol. The monoisotopic (exact) mass is 438 g/mol. The Labute approximate surface area is 183 Å². The number of benzene rings is 2. The molecule has 1 aromatic heterocycles. The van der Waals surface area contributed by atoms with E-state index in [0.29, 0.717) is 22.5 Å². The topological polar surface area (TPSA) is 134 Å². The second kappa shape index (κ2) is 9.77.